The van der Waals surface area contributed by atoms with Crippen LogP contribution in [0, 0.1) is 30.6 Å². The van der Waals surface area contributed by atoms with E-state index in [0.717, 1.165) is 12.8 Å². The summed E-state index contributed by atoms with van der Waals surface area (Å²) in [6.45, 7) is 3.42. The second kappa shape index (κ2) is 6.81. The van der Waals surface area contributed by atoms with Gasteiger partial charge in [0.05, 0.1) is 6.42 Å². The number of aryl methyl sites for hydroxylation is 1. The summed E-state index contributed by atoms with van der Waals surface area (Å²) >= 11 is 0. The van der Waals surface area contributed by atoms with Gasteiger partial charge in [-0.15, -0.1) is 11.8 Å². The Morgan fingerprint density at radius 2 is 1.79 bits per heavy atom. The molecule has 0 saturated heterocycles. The maximum Gasteiger partial charge on any atom is 0.0702 e. The second-order valence-corrected chi connectivity index (χ2v) is 2.87. The smallest absolute Gasteiger partial charge is 0.0702 e. The zero-order valence-corrected chi connectivity index (χ0v) is 8.22. The van der Waals surface area contributed by atoms with Crippen LogP contribution in [0.3, 0.4) is 0 Å². The van der Waals surface area contributed by atoms with Gasteiger partial charge in [0, 0.05) is 13.3 Å². The minimum atomic E-state index is 0.637. The Morgan fingerprint density at radius 1 is 1.00 bits per heavy atom. The van der Waals surface area contributed by atoms with Crippen LogP contribution < -0.4 is 0 Å². The van der Waals surface area contributed by atoms with Gasteiger partial charge in [0.15, 0.2) is 0 Å². The third-order valence-corrected chi connectivity index (χ3v) is 1.81. The third kappa shape index (κ3) is 4.39. The Balaban J connectivity index is 2.26. The molecular formula is C14H13. The summed E-state index contributed by atoms with van der Waals surface area (Å²) in [4.78, 5) is 0. The van der Waals surface area contributed by atoms with E-state index in [-0.39, 0.29) is 0 Å². The summed E-state index contributed by atoms with van der Waals surface area (Å²) in [5, 5.41) is 0. The summed E-state index contributed by atoms with van der Waals surface area (Å²) < 4.78 is 0. The van der Waals surface area contributed by atoms with Crippen molar-refractivity contribution in [3.8, 4) is 23.7 Å². The van der Waals surface area contributed by atoms with Gasteiger partial charge in [-0.05, 0) is 12.0 Å². The second-order valence-electron chi connectivity index (χ2n) is 2.87. The van der Waals surface area contributed by atoms with Crippen LogP contribution in [0.5, 0.6) is 0 Å². The molecule has 1 radical (unpaired) electrons. The van der Waals surface area contributed by atoms with Crippen molar-refractivity contribution in [3.63, 3.8) is 0 Å². The molecule has 0 N–H and O–H groups in total. The monoisotopic (exact) mass is 181 g/mol. The molecule has 0 saturated carbocycles. The normalized spacial score (nSPS) is 8.07. The van der Waals surface area contributed by atoms with E-state index in [0.29, 0.717) is 6.42 Å². The van der Waals surface area contributed by atoms with Crippen LogP contribution >= 0.6 is 0 Å². The van der Waals surface area contributed by atoms with Gasteiger partial charge < -0.3 is 0 Å². The van der Waals surface area contributed by atoms with Gasteiger partial charge in [-0.3, -0.25) is 0 Å². The van der Waals surface area contributed by atoms with Gasteiger partial charge in [0.25, 0.3) is 0 Å². The first-order chi connectivity index (χ1) is 6.93. The minimum absolute atomic E-state index is 0.637. The molecular weight excluding hydrogens is 168 g/mol. The standard InChI is InChI=1S/C14H13/c1-2-3-4-5-6-8-11-14-12-9-7-10-13-14/h7,9-10,12-13H,1,4,8,11H2. The van der Waals surface area contributed by atoms with E-state index >= 15 is 0 Å². The SMILES string of the molecule is [CH2]C#CCC#CCCc1ccccc1. The summed E-state index contributed by atoms with van der Waals surface area (Å²) in [5.74, 6) is 11.5. The highest BCUT2D eigenvalue weighted by molar-refractivity contribution is 5.17. The third-order valence-electron chi connectivity index (χ3n) is 1.81. The van der Waals surface area contributed by atoms with E-state index in [4.69, 9.17) is 0 Å². The predicted octanol–water partition coefficient (Wildman–Crippen LogP) is 2.85. The van der Waals surface area contributed by atoms with Crippen molar-refractivity contribution < 1.29 is 0 Å². The number of rotatable bonds is 2. The van der Waals surface area contributed by atoms with Crippen molar-refractivity contribution in [1.29, 1.82) is 0 Å². The van der Waals surface area contributed by atoms with Gasteiger partial charge >= 0.3 is 0 Å². The molecule has 14 heavy (non-hydrogen) atoms. The fraction of sp³-hybridized carbons (Fsp3) is 0.214. The largest absolute Gasteiger partial charge is 0.102 e. The Bertz CT molecular complexity index is 365. The summed E-state index contributed by atoms with van der Waals surface area (Å²) in [5.41, 5.74) is 1.34. The molecule has 1 aromatic carbocycles. The molecule has 0 atom stereocenters. The van der Waals surface area contributed by atoms with E-state index < -0.39 is 0 Å². The van der Waals surface area contributed by atoms with Crippen molar-refractivity contribution in [2.24, 2.45) is 0 Å². The quantitative estimate of drug-likeness (QED) is 0.615. The van der Waals surface area contributed by atoms with Gasteiger partial charge in [-0.2, -0.15) is 0 Å². The maximum atomic E-state index is 3.42. The summed E-state index contributed by atoms with van der Waals surface area (Å²) in [7, 11) is 0. The van der Waals surface area contributed by atoms with Crippen LogP contribution in [0.4, 0.5) is 0 Å². The molecule has 0 unspecified atom stereocenters. The van der Waals surface area contributed by atoms with Crippen LogP contribution in [-0.4, -0.2) is 0 Å². The lowest BCUT2D eigenvalue weighted by Crippen LogP contribution is -1.81. The lowest BCUT2D eigenvalue weighted by Gasteiger charge is -1.94. The van der Waals surface area contributed by atoms with Crippen LogP contribution in [0.25, 0.3) is 0 Å². The van der Waals surface area contributed by atoms with E-state index in [1.165, 1.54) is 5.56 Å². The van der Waals surface area contributed by atoms with Crippen molar-refractivity contribution in [3.05, 3.63) is 42.8 Å². The molecule has 0 heterocycles. The highest BCUT2D eigenvalue weighted by Gasteiger charge is 1.86. The van der Waals surface area contributed by atoms with Crippen LogP contribution in [0.15, 0.2) is 30.3 Å². The van der Waals surface area contributed by atoms with E-state index in [1.54, 1.807) is 0 Å². The first kappa shape index (κ1) is 10.4. The average Bonchev–Trinajstić information content (AvgIpc) is 2.25. The highest BCUT2D eigenvalue weighted by atomic mass is 13.9. The molecule has 0 aromatic heterocycles. The molecule has 0 aliphatic rings. The van der Waals surface area contributed by atoms with Gasteiger partial charge in [-0.1, -0.05) is 42.2 Å². The molecule has 0 aliphatic carbocycles. The molecule has 0 fully saturated rings. The zero-order chi connectivity index (χ0) is 10.1. The molecule has 69 valence electrons. The molecule has 0 aliphatic heterocycles. The Kier molecular flexibility index (Phi) is 5.07. The van der Waals surface area contributed by atoms with Crippen molar-refractivity contribution >= 4 is 0 Å². The molecule has 1 rings (SSSR count). The summed E-state index contributed by atoms with van der Waals surface area (Å²) in [6.07, 6.45) is 2.56. The molecule has 0 amide bonds. The van der Waals surface area contributed by atoms with Gasteiger partial charge in [0.2, 0.25) is 0 Å². The highest BCUT2D eigenvalue weighted by Crippen LogP contribution is 2.00. The first-order valence-electron chi connectivity index (χ1n) is 4.68. The van der Waals surface area contributed by atoms with E-state index in [9.17, 15) is 0 Å². The maximum absolute atomic E-state index is 3.42. The van der Waals surface area contributed by atoms with Crippen molar-refractivity contribution in [2.75, 3.05) is 0 Å². The molecule has 0 nitrogen and oxygen atoms in total. The van der Waals surface area contributed by atoms with Crippen molar-refractivity contribution in [2.45, 2.75) is 19.3 Å². The predicted molar refractivity (Wildman–Crippen MR) is 60.3 cm³/mol. The fourth-order valence-electron chi connectivity index (χ4n) is 1.11. The van der Waals surface area contributed by atoms with Crippen LogP contribution in [0.1, 0.15) is 18.4 Å². The number of hydrogen-bond acceptors (Lipinski definition) is 0. The van der Waals surface area contributed by atoms with Gasteiger partial charge in [-0.25, -0.2) is 0 Å². The lowest BCUT2D eigenvalue weighted by molar-refractivity contribution is 1.03. The average molecular weight is 181 g/mol. The lowest BCUT2D eigenvalue weighted by atomic mass is 10.1. The molecule has 0 heteroatoms. The van der Waals surface area contributed by atoms with Crippen LogP contribution in [0.2, 0.25) is 0 Å². The van der Waals surface area contributed by atoms with E-state index in [1.807, 2.05) is 6.07 Å². The molecule has 0 spiro atoms. The number of hydrogen-bond donors (Lipinski definition) is 0. The summed E-state index contributed by atoms with van der Waals surface area (Å²) in [6, 6.07) is 10.4. The first-order valence-corrected chi connectivity index (χ1v) is 4.68. The topological polar surface area (TPSA) is 0 Å². The Labute approximate surface area is 86.3 Å². The zero-order valence-electron chi connectivity index (χ0n) is 8.22. The van der Waals surface area contributed by atoms with E-state index in [2.05, 4.69) is 54.9 Å². The van der Waals surface area contributed by atoms with Crippen LogP contribution in [-0.2, 0) is 6.42 Å². The fourth-order valence-corrected chi connectivity index (χ4v) is 1.11. The van der Waals surface area contributed by atoms with Crippen molar-refractivity contribution in [1.82, 2.24) is 0 Å². The molecule has 1 aromatic rings. The Hall–Kier alpha value is -1.66. The Morgan fingerprint density at radius 3 is 2.50 bits per heavy atom. The van der Waals surface area contributed by atoms with Gasteiger partial charge in [0.1, 0.15) is 0 Å². The minimum Gasteiger partial charge on any atom is -0.102 e. The molecule has 0 bridgehead atoms. The number of benzene rings is 1.